The van der Waals surface area contributed by atoms with Gasteiger partial charge in [-0.1, -0.05) is 30.3 Å². The van der Waals surface area contributed by atoms with E-state index in [2.05, 4.69) is 15.6 Å². The van der Waals surface area contributed by atoms with Gasteiger partial charge in [-0.15, -0.1) is 12.4 Å². The maximum Gasteiger partial charge on any atom is 0.192 e. The summed E-state index contributed by atoms with van der Waals surface area (Å²) in [6, 6.07) is 8.67. The minimum atomic E-state index is -1.47. The van der Waals surface area contributed by atoms with Crippen LogP contribution in [0, 0.1) is 0 Å². The Hall–Kier alpha value is -1.62. The summed E-state index contributed by atoms with van der Waals surface area (Å²) in [4.78, 5) is 4.56. The lowest BCUT2D eigenvalue weighted by atomic mass is 9.99. The molecule has 3 saturated heterocycles. The number of benzene rings is 1. The number of aliphatic hydroxyl groups excluding tert-OH is 5. The lowest BCUT2D eigenvalue weighted by Gasteiger charge is -2.40. The first-order valence-electron chi connectivity index (χ1n) is 12.2. The van der Waals surface area contributed by atoms with Crippen LogP contribution < -0.4 is 10.6 Å². The van der Waals surface area contributed by atoms with Gasteiger partial charge in [-0.3, -0.25) is 0 Å². The van der Waals surface area contributed by atoms with Crippen molar-refractivity contribution in [3.63, 3.8) is 0 Å². The molecule has 1 aromatic rings. The van der Waals surface area contributed by atoms with Crippen LogP contribution in [0.1, 0.15) is 19.4 Å². The van der Waals surface area contributed by atoms with Gasteiger partial charge in [-0.2, -0.15) is 0 Å². The molecule has 3 fully saturated rings. The van der Waals surface area contributed by atoms with Gasteiger partial charge in [0.25, 0.3) is 0 Å². The smallest absolute Gasteiger partial charge is 0.192 e. The molecule has 0 amide bonds. The number of ether oxygens (including phenoxy) is 5. The first kappa shape index (κ1) is 30.9. The number of nitrogens with zero attached hydrogens (tertiary/aromatic N) is 1. The maximum absolute atomic E-state index is 10.8. The van der Waals surface area contributed by atoms with E-state index in [1.54, 1.807) is 13.8 Å². The number of rotatable bonds is 8. The van der Waals surface area contributed by atoms with Crippen molar-refractivity contribution < 1.29 is 49.2 Å². The van der Waals surface area contributed by atoms with Gasteiger partial charge in [-0.05, 0) is 19.4 Å². The molecule has 4 rings (SSSR count). The molecule has 14 heteroatoms. The van der Waals surface area contributed by atoms with Crippen LogP contribution in [0.5, 0.6) is 0 Å². The van der Waals surface area contributed by atoms with Crippen LogP contribution in [0.2, 0.25) is 0 Å². The lowest BCUT2D eigenvalue weighted by molar-refractivity contribution is -0.288. The van der Waals surface area contributed by atoms with Gasteiger partial charge in [0.05, 0.1) is 19.2 Å². The summed E-state index contributed by atoms with van der Waals surface area (Å²) in [6.07, 6.45) is -9.79. The first-order valence-corrected chi connectivity index (χ1v) is 12.2. The van der Waals surface area contributed by atoms with Crippen molar-refractivity contribution in [3.05, 3.63) is 35.9 Å². The largest absolute Gasteiger partial charge is 0.394 e. The van der Waals surface area contributed by atoms with Crippen LogP contribution in [-0.4, -0.2) is 119 Å². The minimum absolute atomic E-state index is 0. The van der Waals surface area contributed by atoms with E-state index in [0.29, 0.717) is 0 Å². The van der Waals surface area contributed by atoms with Crippen molar-refractivity contribution >= 4 is 18.4 Å². The second-order valence-electron chi connectivity index (χ2n) is 9.77. The molecule has 38 heavy (non-hydrogen) atoms. The highest BCUT2D eigenvalue weighted by atomic mass is 35.5. The normalized spacial score (nSPS) is 37.3. The standard InChI is InChI=1S/C24H37N3O10.ClH/c1-24(2)36-20-18(32)19(35-22(20)37-24)13(11-28)27-23(25-9-12-7-5-4-6-8-12)26-10-14-15(29)16(30)17(31)21(33-3)34-14;/h4-8,13-22,28-32H,9-11H2,1-3H3,(H2,25,26,27);1H/t13-,14+,15+,16-,17+,18-,19+,20+,21-,22+;/m0./s1. The summed E-state index contributed by atoms with van der Waals surface area (Å²) in [5, 5.41) is 57.6. The molecule has 0 spiro atoms. The van der Waals surface area contributed by atoms with Gasteiger partial charge in [0.2, 0.25) is 0 Å². The Morgan fingerprint density at radius 2 is 1.74 bits per heavy atom. The molecule has 0 aromatic heterocycles. The molecule has 7 N–H and O–H groups in total. The Kier molecular flexibility index (Phi) is 10.7. The molecular formula is C24H38ClN3O10. The Morgan fingerprint density at radius 3 is 2.37 bits per heavy atom. The highest BCUT2D eigenvalue weighted by Gasteiger charge is 2.56. The van der Waals surface area contributed by atoms with Gasteiger partial charge < -0.3 is 59.9 Å². The number of aliphatic imine (C=N–C) groups is 1. The van der Waals surface area contributed by atoms with Crippen molar-refractivity contribution in [2.24, 2.45) is 4.99 Å². The van der Waals surface area contributed by atoms with E-state index < -0.39 is 73.7 Å². The number of hydrogen-bond donors (Lipinski definition) is 7. The van der Waals surface area contributed by atoms with Crippen molar-refractivity contribution in [2.75, 3.05) is 20.3 Å². The van der Waals surface area contributed by atoms with Gasteiger partial charge in [0.1, 0.15) is 42.7 Å². The van der Waals surface area contributed by atoms with Crippen LogP contribution in [0.4, 0.5) is 0 Å². The fourth-order valence-corrected chi connectivity index (χ4v) is 4.64. The number of aliphatic hydroxyl groups is 5. The van der Waals surface area contributed by atoms with Gasteiger partial charge in [0, 0.05) is 13.7 Å². The van der Waals surface area contributed by atoms with Crippen LogP contribution in [-0.2, 0) is 30.2 Å². The number of fused-ring (bicyclic) bond motifs is 1. The summed E-state index contributed by atoms with van der Waals surface area (Å²) < 4.78 is 28.0. The third-order valence-electron chi connectivity index (χ3n) is 6.60. The maximum atomic E-state index is 10.8. The summed E-state index contributed by atoms with van der Waals surface area (Å²) in [7, 11) is 1.32. The predicted molar refractivity (Wildman–Crippen MR) is 135 cm³/mol. The van der Waals surface area contributed by atoms with Gasteiger partial charge in [-0.25, -0.2) is 4.99 Å². The topological polar surface area (TPSA) is 184 Å². The minimum Gasteiger partial charge on any atom is -0.394 e. The summed E-state index contributed by atoms with van der Waals surface area (Å²) in [5.74, 6) is -0.671. The molecule has 10 atom stereocenters. The van der Waals surface area contributed by atoms with Crippen LogP contribution in [0.25, 0.3) is 0 Å². The molecule has 0 radical (unpaired) electrons. The predicted octanol–water partition coefficient (Wildman–Crippen LogP) is -1.80. The molecule has 0 bridgehead atoms. The lowest BCUT2D eigenvalue weighted by Crippen LogP contribution is -2.61. The Labute approximate surface area is 227 Å². The zero-order valence-corrected chi connectivity index (χ0v) is 22.2. The quantitative estimate of drug-likeness (QED) is 0.139. The number of nitrogens with one attached hydrogen (secondary N) is 2. The zero-order chi connectivity index (χ0) is 26.7. The van der Waals surface area contributed by atoms with Gasteiger partial charge >= 0.3 is 0 Å². The molecule has 3 aliphatic rings. The summed E-state index contributed by atoms with van der Waals surface area (Å²) in [6.45, 7) is 3.30. The van der Waals surface area contributed by atoms with E-state index in [4.69, 9.17) is 23.7 Å². The average molecular weight is 564 g/mol. The van der Waals surface area contributed by atoms with Gasteiger partial charge in [0.15, 0.2) is 24.3 Å². The Balaban J connectivity index is 0.00000400. The molecule has 0 saturated carbocycles. The van der Waals surface area contributed by atoms with E-state index in [9.17, 15) is 25.5 Å². The second-order valence-corrected chi connectivity index (χ2v) is 9.77. The third kappa shape index (κ3) is 6.92. The van der Waals surface area contributed by atoms with Crippen molar-refractivity contribution in [2.45, 2.75) is 87.5 Å². The average Bonchev–Trinajstić information content (AvgIpc) is 3.35. The molecule has 1 aromatic carbocycles. The van der Waals surface area contributed by atoms with E-state index in [1.165, 1.54) is 7.11 Å². The van der Waals surface area contributed by atoms with E-state index in [-0.39, 0.29) is 31.5 Å². The van der Waals surface area contributed by atoms with Crippen molar-refractivity contribution in [1.29, 1.82) is 0 Å². The molecular weight excluding hydrogens is 526 g/mol. The molecule has 0 unspecified atom stereocenters. The highest BCUT2D eigenvalue weighted by Crippen LogP contribution is 2.38. The number of methoxy groups -OCH3 is 1. The van der Waals surface area contributed by atoms with E-state index in [0.717, 1.165) is 5.56 Å². The van der Waals surface area contributed by atoms with E-state index in [1.807, 2.05) is 30.3 Å². The highest BCUT2D eigenvalue weighted by molar-refractivity contribution is 5.85. The fourth-order valence-electron chi connectivity index (χ4n) is 4.64. The monoisotopic (exact) mass is 563 g/mol. The fraction of sp³-hybridized carbons (Fsp3) is 0.708. The third-order valence-corrected chi connectivity index (χ3v) is 6.60. The first-order chi connectivity index (χ1) is 17.6. The second kappa shape index (κ2) is 13.2. The molecule has 13 nitrogen and oxygen atoms in total. The molecule has 3 heterocycles. The number of guanidine groups is 1. The van der Waals surface area contributed by atoms with Crippen molar-refractivity contribution in [3.8, 4) is 0 Å². The summed E-state index contributed by atoms with van der Waals surface area (Å²) in [5.41, 5.74) is 0.923. The number of halogens is 1. The van der Waals surface area contributed by atoms with Crippen LogP contribution in [0.15, 0.2) is 35.3 Å². The van der Waals surface area contributed by atoms with Crippen molar-refractivity contribution in [1.82, 2.24) is 10.6 Å². The Bertz CT molecular complexity index is 911. The summed E-state index contributed by atoms with van der Waals surface area (Å²) >= 11 is 0. The van der Waals surface area contributed by atoms with Crippen LogP contribution >= 0.6 is 12.4 Å². The molecule has 0 aliphatic carbocycles. The van der Waals surface area contributed by atoms with Crippen LogP contribution in [0.3, 0.4) is 0 Å². The zero-order valence-electron chi connectivity index (χ0n) is 21.4. The van der Waals surface area contributed by atoms with E-state index >= 15 is 0 Å². The molecule has 3 aliphatic heterocycles. The SMILES string of the molecule is CO[C@H]1O[C@H](CNC(=NCc2ccccc2)N[C@@H](CO)[C@H]2O[C@@H]3OC(C)(C)O[C@@H]3[C@H]2O)[C@@H](O)[C@H](O)[C@H]1O.Cl. The number of hydrogen-bond acceptors (Lipinski definition) is 11. The Morgan fingerprint density at radius 1 is 1.03 bits per heavy atom. The molecule has 216 valence electrons.